The second-order valence-electron chi connectivity index (χ2n) is 3.05. The zero-order valence-electron chi connectivity index (χ0n) is 8.51. The maximum Gasteiger partial charge on any atom is 0.135 e. The van der Waals surface area contributed by atoms with Gasteiger partial charge in [0.05, 0.1) is 6.07 Å². The fourth-order valence-electron chi connectivity index (χ4n) is 1.26. The fraction of sp³-hybridized carbons (Fsp3) is 0.250. The molecule has 0 saturated carbocycles. The van der Waals surface area contributed by atoms with Gasteiger partial charge in [-0.1, -0.05) is 30.4 Å². The first-order valence-electron chi connectivity index (χ1n) is 4.60. The van der Waals surface area contributed by atoms with Gasteiger partial charge in [0.15, 0.2) is 0 Å². The topological polar surface area (TPSA) is 27.0 Å². The van der Waals surface area contributed by atoms with Crippen LogP contribution in [0.3, 0.4) is 0 Å². The lowest BCUT2D eigenvalue weighted by Gasteiger charge is -2.22. The van der Waals surface area contributed by atoms with E-state index in [1.165, 1.54) is 0 Å². The highest BCUT2D eigenvalue weighted by Gasteiger charge is 2.09. The normalized spacial score (nSPS) is 12.4. The predicted molar refractivity (Wildman–Crippen MR) is 59.1 cm³/mol. The molecule has 1 rings (SSSR count). The number of nitrogens with zero attached hydrogens (tertiary/aromatic N) is 2. The van der Waals surface area contributed by atoms with Crippen LogP contribution in [-0.2, 0) is 0 Å². The molecule has 0 aromatic heterocycles. The summed E-state index contributed by atoms with van der Waals surface area (Å²) in [6, 6.07) is 11.9. The molecule has 0 saturated heterocycles. The summed E-state index contributed by atoms with van der Waals surface area (Å²) in [6.07, 6.45) is 3.78. The third-order valence-electron chi connectivity index (χ3n) is 2.09. The van der Waals surface area contributed by atoms with Crippen molar-refractivity contribution in [3.8, 4) is 6.07 Å². The summed E-state index contributed by atoms with van der Waals surface area (Å²) in [5.74, 6) is 0. The van der Waals surface area contributed by atoms with Crippen LogP contribution in [-0.4, -0.2) is 13.1 Å². The largest absolute Gasteiger partial charge is 0.356 e. The van der Waals surface area contributed by atoms with Crippen LogP contribution in [0.25, 0.3) is 0 Å². The number of hydrogen-bond donors (Lipinski definition) is 0. The van der Waals surface area contributed by atoms with E-state index in [9.17, 15) is 0 Å². The summed E-state index contributed by atoms with van der Waals surface area (Å²) in [5, 5.41) is 8.95. The number of benzene rings is 1. The molecule has 2 heteroatoms. The van der Waals surface area contributed by atoms with E-state index in [0.717, 1.165) is 5.69 Å². The Morgan fingerprint density at radius 3 is 2.50 bits per heavy atom. The molecular formula is C12H14N2. The van der Waals surface area contributed by atoms with Gasteiger partial charge in [-0.25, -0.2) is 0 Å². The maximum absolute atomic E-state index is 8.95. The molecule has 2 nitrogen and oxygen atoms in total. The monoisotopic (exact) mass is 186 g/mol. The number of likely N-dealkylation sites (N-methyl/N-ethyl adjacent to an activating group) is 1. The molecule has 0 N–H and O–H groups in total. The summed E-state index contributed by atoms with van der Waals surface area (Å²) in [5.41, 5.74) is 1.05. The van der Waals surface area contributed by atoms with Gasteiger partial charge in [-0.05, 0) is 19.1 Å². The lowest BCUT2D eigenvalue weighted by atomic mass is 10.2. The molecule has 0 heterocycles. The van der Waals surface area contributed by atoms with Crippen molar-refractivity contribution in [1.82, 2.24) is 0 Å². The minimum absolute atomic E-state index is 0.192. The van der Waals surface area contributed by atoms with Crippen LogP contribution in [0.1, 0.15) is 6.92 Å². The van der Waals surface area contributed by atoms with Crippen LogP contribution >= 0.6 is 0 Å². The zero-order valence-corrected chi connectivity index (χ0v) is 8.51. The summed E-state index contributed by atoms with van der Waals surface area (Å²) in [4.78, 5) is 1.94. The SMILES string of the molecule is C/C=C/C(C#N)N(C)c1ccccc1. The molecule has 0 fully saturated rings. The van der Waals surface area contributed by atoms with Gasteiger partial charge in [0.25, 0.3) is 0 Å². The van der Waals surface area contributed by atoms with Crippen LogP contribution in [0.2, 0.25) is 0 Å². The second-order valence-corrected chi connectivity index (χ2v) is 3.05. The molecule has 0 radical (unpaired) electrons. The Labute approximate surface area is 85.1 Å². The Kier molecular flexibility index (Phi) is 3.75. The molecule has 0 aliphatic rings. The first-order chi connectivity index (χ1) is 6.79. The van der Waals surface area contributed by atoms with Gasteiger partial charge in [0.1, 0.15) is 6.04 Å². The van der Waals surface area contributed by atoms with Crippen molar-refractivity contribution in [3.05, 3.63) is 42.5 Å². The molecule has 1 atom stereocenters. The van der Waals surface area contributed by atoms with E-state index in [2.05, 4.69) is 6.07 Å². The molecule has 0 aliphatic carbocycles. The lowest BCUT2D eigenvalue weighted by Crippen LogP contribution is -2.28. The minimum atomic E-state index is -0.192. The van der Waals surface area contributed by atoms with Crippen molar-refractivity contribution >= 4 is 5.69 Å². The molecule has 1 unspecified atom stereocenters. The highest BCUT2D eigenvalue weighted by atomic mass is 15.1. The van der Waals surface area contributed by atoms with Crippen LogP contribution < -0.4 is 4.90 Å². The van der Waals surface area contributed by atoms with Crippen molar-refractivity contribution in [2.75, 3.05) is 11.9 Å². The Morgan fingerprint density at radius 2 is 2.00 bits per heavy atom. The Bertz CT molecular complexity index is 335. The molecule has 1 aromatic rings. The van der Waals surface area contributed by atoms with E-state index in [-0.39, 0.29) is 6.04 Å². The van der Waals surface area contributed by atoms with E-state index >= 15 is 0 Å². The van der Waals surface area contributed by atoms with Gasteiger partial charge in [-0.15, -0.1) is 0 Å². The highest BCUT2D eigenvalue weighted by molar-refractivity contribution is 5.48. The maximum atomic E-state index is 8.95. The molecule has 0 amide bonds. The molecule has 0 spiro atoms. The van der Waals surface area contributed by atoms with E-state index in [1.807, 2.05) is 61.4 Å². The van der Waals surface area contributed by atoms with Gasteiger partial charge < -0.3 is 4.90 Å². The highest BCUT2D eigenvalue weighted by Crippen LogP contribution is 2.14. The number of nitriles is 1. The summed E-state index contributed by atoms with van der Waals surface area (Å²) < 4.78 is 0. The molecular weight excluding hydrogens is 172 g/mol. The Morgan fingerprint density at radius 1 is 1.36 bits per heavy atom. The molecule has 1 aromatic carbocycles. The third kappa shape index (κ3) is 2.37. The third-order valence-corrected chi connectivity index (χ3v) is 2.09. The quantitative estimate of drug-likeness (QED) is 0.678. The molecule has 0 bridgehead atoms. The van der Waals surface area contributed by atoms with Gasteiger partial charge in [0, 0.05) is 12.7 Å². The van der Waals surface area contributed by atoms with Crippen molar-refractivity contribution < 1.29 is 0 Å². The van der Waals surface area contributed by atoms with Crippen molar-refractivity contribution in [3.63, 3.8) is 0 Å². The minimum Gasteiger partial charge on any atom is -0.356 e. The molecule has 0 aliphatic heterocycles. The molecule has 72 valence electrons. The number of allylic oxidation sites excluding steroid dienone is 1. The van der Waals surface area contributed by atoms with E-state index in [1.54, 1.807) is 0 Å². The van der Waals surface area contributed by atoms with Gasteiger partial charge >= 0.3 is 0 Å². The van der Waals surface area contributed by atoms with Crippen LogP contribution in [0.4, 0.5) is 5.69 Å². The van der Waals surface area contributed by atoms with E-state index in [0.29, 0.717) is 0 Å². The lowest BCUT2D eigenvalue weighted by molar-refractivity contribution is 0.903. The number of rotatable bonds is 3. The average Bonchev–Trinajstić information content (AvgIpc) is 2.26. The van der Waals surface area contributed by atoms with Gasteiger partial charge in [-0.3, -0.25) is 0 Å². The first kappa shape index (κ1) is 10.3. The fourth-order valence-corrected chi connectivity index (χ4v) is 1.26. The predicted octanol–water partition coefficient (Wildman–Crippen LogP) is 2.59. The standard InChI is InChI=1S/C12H14N2/c1-3-7-12(10-13)14(2)11-8-5-4-6-9-11/h3-9,12H,1-2H3/b7-3+. The van der Waals surface area contributed by atoms with E-state index in [4.69, 9.17) is 5.26 Å². The van der Waals surface area contributed by atoms with Gasteiger partial charge in [0.2, 0.25) is 0 Å². The van der Waals surface area contributed by atoms with Crippen molar-refractivity contribution in [1.29, 1.82) is 5.26 Å². The number of para-hydroxylation sites is 1. The van der Waals surface area contributed by atoms with Crippen molar-refractivity contribution in [2.24, 2.45) is 0 Å². The second kappa shape index (κ2) is 5.08. The number of hydrogen-bond acceptors (Lipinski definition) is 2. The smallest absolute Gasteiger partial charge is 0.135 e. The summed E-state index contributed by atoms with van der Waals surface area (Å²) in [7, 11) is 1.92. The van der Waals surface area contributed by atoms with Crippen LogP contribution in [0.5, 0.6) is 0 Å². The van der Waals surface area contributed by atoms with E-state index < -0.39 is 0 Å². The summed E-state index contributed by atoms with van der Waals surface area (Å²) >= 11 is 0. The van der Waals surface area contributed by atoms with Crippen molar-refractivity contribution in [2.45, 2.75) is 13.0 Å². The Balaban J connectivity index is 2.84. The number of anilines is 1. The average molecular weight is 186 g/mol. The van der Waals surface area contributed by atoms with Crippen LogP contribution in [0.15, 0.2) is 42.5 Å². The van der Waals surface area contributed by atoms with Gasteiger partial charge in [-0.2, -0.15) is 5.26 Å². The zero-order chi connectivity index (χ0) is 10.4. The van der Waals surface area contributed by atoms with Crippen LogP contribution in [0, 0.1) is 11.3 Å². The molecule has 14 heavy (non-hydrogen) atoms. The summed E-state index contributed by atoms with van der Waals surface area (Å²) in [6.45, 7) is 1.92. The Hall–Kier alpha value is -1.75. The first-order valence-corrected chi connectivity index (χ1v) is 4.60.